The van der Waals surface area contributed by atoms with Gasteiger partial charge >= 0.3 is 0 Å². The molecule has 0 aromatic heterocycles. The molecule has 3 unspecified atom stereocenters. The maximum Gasteiger partial charge on any atom is 0.00987 e. The number of fused-ring (bicyclic) bond motifs is 2. The number of nitrogens with zero attached hydrogens (tertiary/aromatic N) is 1. The molecule has 2 nitrogen and oxygen atoms in total. The Morgan fingerprint density at radius 1 is 1.27 bits per heavy atom. The van der Waals surface area contributed by atoms with Gasteiger partial charge < -0.3 is 5.32 Å². The van der Waals surface area contributed by atoms with E-state index in [0.717, 1.165) is 23.9 Å². The third-order valence-electron chi connectivity index (χ3n) is 4.40. The second-order valence-corrected chi connectivity index (χ2v) is 6.07. The Kier molecular flexibility index (Phi) is 2.73. The quantitative estimate of drug-likeness (QED) is 0.742. The van der Waals surface area contributed by atoms with Crippen LogP contribution >= 0.6 is 0 Å². The summed E-state index contributed by atoms with van der Waals surface area (Å²) in [5.74, 6) is 1.89. The Hall–Kier alpha value is -0.0800. The minimum absolute atomic E-state index is 0.838. The van der Waals surface area contributed by atoms with E-state index in [0.29, 0.717) is 0 Å². The van der Waals surface area contributed by atoms with Crippen molar-refractivity contribution in [2.75, 3.05) is 19.6 Å². The van der Waals surface area contributed by atoms with Crippen LogP contribution in [0.3, 0.4) is 0 Å². The first kappa shape index (κ1) is 10.1. The van der Waals surface area contributed by atoms with Gasteiger partial charge in [-0.15, -0.1) is 0 Å². The normalized spacial score (nSPS) is 37.4. The van der Waals surface area contributed by atoms with E-state index in [9.17, 15) is 0 Å². The lowest BCUT2D eigenvalue weighted by atomic mass is 10.1. The van der Waals surface area contributed by atoms with Crippen LogP contribution < -0.4 is 5.32 Å². The second kappa shape index (κ2) is 4.06. The molecular weight excluding hydrogens is 184 g/mol. The van der Waals surface area contributed by atoms with E-state index in [-0.39, 0.29) is 0 Å². The molecule has 86 valence electrons. The highest BCUT2D eigenvalue weighted by Gasteiger charge is 2.37. The van der Waals surface area contributed by atoms with Gasteiger partial charge in [0.1, 0.15) is 0 Å². The Morgan fingerprint density at radius 2 is 2.13 bits per heavy atom. The van der Waals surface area contributed by atoms with Gasteiger partial charge in [0.2, 0.25) is 0 Å². The Morgan fingerprint density at radius 3 is 2.73 bits per heavy atom. The smallest absolute Gasteiger partial charge is 0.00987 e. The van der Waals surface area contributed by atoms with Crippen LogP contribution in [0.25, 0.3) is 0 Å². The van der Waals surface area contributed by atoms with Gasteiger partial charge in [-0.05, 0) is 50.5 Å². The van der Waals surface area contributed by atoms with Gasteiger partial charge in [-0.2, -0.15) is 0 Å². The van der Waals surface area contributed by atoms with E-state index in [2.05, 4.69) is 17.1 Å². The first-order valence-electron chi connectivity index (χ1n) is 6.78. The molecule has 15 heavy (non-hydrogen) atoms. The Balaban J connectivity index is 1.40. The molecule has 2 heteroatoms. The van der Waals surface area contributed by atoms with Gasteiger partial charge in [0.25, 0.3) is 0 Å². The predicted molar refractivity (Wildman–Crippen MR) is 62.9 cm³/mol. The van der Waals surface area contributed by atoms with E-state index < -0.39 is 0 Å². The van der Waals surface area contributed by atoms with Gasteiger partial charge in [0.15, 0.2) is 0 Å². The molecule has 1 heterocycles. The molecule has 2 bridgehead atoms. The molecule has 3 aliphatic rings. The van der Waals surface area contributed by atoms with Crippen LogP contribution in [0, 0.1) is 11.8 Å². The molecule has 2 saturated carbocycles. The van der Waals surface area contributed by atoms with Crippen molar-refractivity contribution >= 4 is 0 Å². The molecule has 0 amide bonds. The standard InChI is InChI=1S/C13H24N2/c1-10(7-14-12-3-4-12)8-15-9-11-2-5-13(15)6-11/h10-14H,2-9H2,1H3. The molecule has 1 aliphatic heterocycles. The molecule has 0 aromatic carbocycles. The lowest BCUT2D eigenvalue weighted by molar-refractivity contribution is 0.185. The zero-order valence-corrected chi connectivity index (χ0v) is 9.91. The number of hydrogen-bond donors (Lipinski definition) is 1. The van der Waals surface area contributed by atoms with Crippen molar-refractivity contribution in [2.45, 2.75) is 51.1 Å². The SMILES string of the molecule is CC(CNC1CC1)CN1CC2CCC1C2. The van der Waals surface area contributed by atoms with Crippen molar-refractivity contribution < 1.29 is 0 Å². The van der Waals surface area contributed by atoms with Crippen molar-refractivity contribution in [2.24, 2.45) is 11.8 Å². The van der Waals surface area contributed by atoms with Crippen molar-refractivity contribution in [1.82, 2.24) is 10.2 Å². The highest BCUT2D eigenvalue weighted by molar-refractivity contribution is 4.92. The number of nitrogens with one attached hydrogen (secondary N) is 1. The lowest BCUT2D eigenvalue weighted by Crippen LogP contribution is -2.38. The largest absolute Gasteiger partial charge is 0.314 e. The third-order valence-corrected chi connectivity index (χ3v) is 4.40. The van der Waals surface area contributed by atoms with E-state index >= 15 is 0 Å². The van der Waals surface area contributed by atoms with Gasteiger partial charge in [-0.25, -0.2) is 0 Å². The van der Waals surface area contributed by atoms with E-state index in [1.165, 1.54) is 51.7 Å². The van der Waals surface area contributed by atoms with Gasteiger partial charge in [-0.1, -0.05) is 6.92 Å². The van der Waals surface area contributed by atoms with Crippen LogP contribution in [0.15, 0.2) is 0 Å². The average Bonchev–Trinajstić information content (AvgIpc) is 2.84. The van der Waals surface area contributed by atoms with Gasteiger partial charge in [0, 0.05) is 25.2 Å². The average molecular weight is 208 g/mol. The first-order chi connectivity index (χ1) is 7.31. The van der Waals surface area contributed by atoms with Crippen LogP contribution in [0.4, 0.5) is 0 Å². The third kappa shape index (κ3) is 2.36. The lowest BCUT2D eigenvalue weighted by Gasteiger charge is -2.29. The number of hydrogen-bond acceptors (Lipinski definition) is 2. The van der Waals surface area contributed by atoms with E-state index in [1.807, 2.05) is 0 Å². The van der Waals surface area contributed by atoms with Crippen LogP contribution in [0.2, 0.25) is 0 Å². The fourth-order valence-corrected chi connectivity index (χ4v) is 3.37. The highest BCUT2D eigenvalue weighted by Crippen LogP contribution is 2.37. The van der Waals surface area contributed by atoms with Crippen LogP contribution in [-0.2, 0) is 0 Å². The van der Waals surface area contributed by atoms with Crippen molar-refractivity contribution in [1.29, 1.82) is 0 Å². The minimum atomic E-state index is 0.838. The summed E-state index contributed by atoms with van der Waals surface area (Å²) in [5.41, 5.74) is 0. The van der Waals surface area contributed by atoms with Crippen LogP contribution in [0.1, 0.15) is 39.0 Å². The maximum atomic E-state index is 3.65. The number of likely N-dealkylation sites (tertiary alicyclic amines) is 1. The molecule has 3 rings (SSSR count). The van der Waals surface area contributed by atoms with E-state index in [4.69, 9.17) is 0 Å². The molecule has 1 saturated heterocycles. The molecular formula is C13H24N2. The van der Waals surface area contributed by atoms with Crippen LogP contribution in [-0.4, -0.2) is 36.6 Å². The molecule has 2 aliphatic carbocycles. The zero-order valence-electron chi connectivity index (χ0n) is 9.91. The summed E-state index contributed by atoms with van der Waals surface area (Å²) in [6, 6.07) is 1.83. The highest BCUT2D eigenvalue weighted by atomic mass is 15.2. The van der Waals surface area contributed by atoms with Crippen molar-refractivity contribution in [3.8, 4) is 0 Å². The molecule has 3 fully saturated rings. The Bertz CT molecular complexity index is 225. The molecule has 0 radical (unpaired) electrons. The first-order valence-corrected chi connectivity index (χ1v) is 6.78. The van der Waals surface area contributed by atoms with Gasteiger partial charge in [0.05, 0.1) is 0 Å². The number of rotatable bonds is 5. The summed E-state index contributed by atoms with van der Waals surface area (Å²) in [7, 11) is 0. The van der Waals surface area contributed by atoms with Crippen LogP contribution in [0.5, 0.6) is 0 Å². The number of piperidine rings is 1. The second-order valence-electron chi connectivity index (χ2n) is 6.07. The minimum Gasteiger partial charge on any atom is -0.314 e. The topological polar surface area (TPSA) is 15.3 Å². The molecule has 1 N–H and O–H groups in total. The monoisotopic (exact) mass is 208 g/mol. The van der Waals surface area contributed by atoms with E-state index in [1.54, 1.807) is 0 Å². The molecule has 0 spiro atoms. The van der Waals surface area contributed by atoms with Crippen molar-refractivity contribution in [3.63, 3.8) is 0 Å². The summed E-state index contributed by atoms with van der Waals surface area (Å²) >= 11 is 0. The van der Waals surface area contributed by atoms with Crippen molar-refractivity contribution in [3.05, 3.63) is 0 Å². The summed E-state index contributed by atoms with van der Waals surface area (Å²) in [6.07, 6.45) is 7.33. The predicted octanol–water partition coefficient (Wildman–Crippen LogP) is 1.86. The van der Waals surface area contributed by atoms with Gasteiger partial charge in [-0.3, -0.25) is 4.90 Å². The zero-order chi connectivity index (χ0) is 10.3. The summed E-state index contributed by atoms with van der Waals surface area (Å²) in [4.78, 5) is 2.76. The molecule has 0 aromatic rings. The molecule has 3 atom stereocenters. The fourth-order valence-electron chi connectivity index (χ4n) is 3.37. The fraction of sp³-hybridized carbons (Fsp3) is 1.00. The summed E-state index contributed by atoms with van der Waals surface area (Å²) in [6.45, 7) is 6.37. The summed E-state index contributed by atoms with van der Waals surface area (Å²) < 4.78 is 0. The maximum absolute atomic E-state index is 3.65. The summed E-state index contributed by atoms with van der Waals surface area (Å²) in [5, 5.41) is 3.65. The Labute approximate surface area is 93.4 Å².